The number of unbranched alkanes of at least 4 members (excludes halogenated alkanes) is 2. The minimum Gasteiger partial charge on any atom is -0.207 e. The third-order valence-electron chi connectivity index (χ3n) is 7.58. The van der Waals surface area contributed by atoms with Crippen molar-refractivity contribution in [1.29, 1.82) is 0 Å². The zero-order valence-corrected chi connectivity index (χ0v) is 18.3. The Kier molecular flexibility index (Phi) is 8.62. The van der Waals surface area contributed by atoms with Crippen LogP contribution in [0.3, 0.4) is 0 Å². The summed E-state index contributed by atoms with van der Waals surface area (Å²) in [5, 5.41) is 0. The molecule has 0 saturated heterocycles. The molecule has 1 heteroatoms. The van der Waals surface area contributed by atoms with Crippen molar-refractivity contribution >= 4 is 0 Å². The lowest BCUT2D eigenvalue weighted by Gasteiger charge is -2.35. The van der Waals surface area contributed by atoms with E-state index in [-0.39, 0.29) is 5.82 Å². The minimum atomic E-state index is 0.00831. The number of halogens is 1. The van der Waals surface area contributed by atoms with E-state index in [9.17, 15) is 4.39 Å². The Hall–Kier alpha value is -1.11. The molecule has 1 unspecified atom stereocenters. The Morgan fingerprint density at radius 1 is 0.893 bits per heavy atom. The van der Waals surface area contributed by atoms with Crippen LogP contribution in [0, 0.1) is 23.6 Å². The highest BCUT2D eigenvalue weighted by molar-refractivity contribution is 5.25. The standard InChI is InChI=1S/C27H41F/c1-3-5-6-7-26-19-14-23(20-27(26)28)9-8-22-12-17-25(18-13-22)24-15-10-21(4-2)11-16-24/h12,14,19-21,24-25H,3-11,13,15-18H2,1-2H3/t21-,24-,25?. The summed E-state index contributed by atoms with van der Waals surface area (Å²) in [5.74, 6) is 2.93. The highest BCUT2D eigenvalue weighted by Gasteiger charge is 2.27. The molecule has 28 heavy (non-hydrogen) atoms. The van der Waals surface area contributed by atoms with Gasteiger partial charge in [0.1, 0.15) is 5.82 Å². The molecule has 0 radical (unpaired) electrons. The lowest BCUT2D eigenvalue weighted by Crippen LogP contribution is -2.23. The molecule has 0 amide bonds. The van der Waals surface area contributed by atoms with Crippen molar-refractivity contribution in [3.8, 4) is 0 Å². The van der Waals surface area contributed by atoms with Crippen LogP contribution in [-0.4, -0.2) is 0 Å². The lowest BCUT2D eigenvalue weighted by atomic mass is 9.71. The van der Waals surface area contributed by atoms with Gasteiger partial charge in [-0.25, -0.2) is 4.39 Å². The van der Waals surface area contributed by atoms with E-state index < -0.39 is 0 Å². The molecule has 2 aliphatic carbocycles. The first-order valence-corrected chi connectivity index (χ1v) is 12.1. The number of benzene rings is 1. The average molecular weight is 385 g/mol. The van der Waals surface area contributed by atoms with Crippen molar-refractivity contribution in [3.63, 3.8) is 0 Å². The van der Waals surface area contributed by atoms with E-state index in [0.29, 0.717) is 0 Å². The van der Waals surface area contributed by atoms with Gasteiger partial charge in [0, 0.05) is 0 Å². The van der Waals surface area contributed by atoms with Gasteiger partial charge in [0.05, 0.1) is 0 Å². The maximum Gasteiger partial charge on any atom is 0.126 e. The van der Waals surface area contributed by atoms with Gasteiger partial charge in [0.25, 0.3) is 0 Å². The van der Waals surface area contributed by atoms with Crippen LogP contribution in [0.15, 0.2) is 29.8 Å². The number of hydrogen-bond acceptors (Lipinski definition) is 0. The van der Waals surface area contributed by atoms with Crippen LogP contribution in [0.5, 0.6) is 0 Å². The normalized spacial score (nSPS) is 25.5. The Bertz CT molecular complexity index is 621. The Morgan fingerprint density at radius 2 is 1.71 bits per heavy atom. The van der Waals surface area contributed by atoms with E-state index >= 15 is 0 Å². The first-order chi connectivity index (χ1) is 13.7. The molecule has 0 aromatic heterocycles. The number of hydrogen-bond donors (Lipinski definition) is 0. The fraction of sp³-hybridized carbons (Fsp3) is 0.704. The SMILES string of the molecule is CCCCCc1ccc(CCC2=CCC([C@H]3CC[C@H](CC)CC3)CC2)cc1F. The van der Waals surface area contributed by atoms with Crippen LogP contribution < -0.4 is 0 Å². The van der Waals surface area contributed by atoms with Crippen LogP contribution in [0.1, 0.15) is 102 Å². The monoisotopic (exact) mass is 384 g/mol. The molecule has 2 aliphatic rings. The molecule has 0 bridgehead atoms. The van der Waals surface area contributed by atoms with Crippen molar-refractivity contribution in [2.75, 3.05) is 0 Å². The van der Waals surface area contributed by atoms with Crippen molar-refractivity contribution in [2.45, 2.75) is 104 Å². The predicted octanol–water partition coefficient (Wildman–Crippen LogP) is 8.43. The topological polar surface area (TPSA) is 0 Å². The average Bonchev–Trinajstić information content (AvgIpc) is 2.74. The number of aryl methyl sites for hydroxylation is 2. The van der Waals surface area contributed by atoms with E-state index in [2.05, 4.69) is 26.0 Å². The van der Waals surface area contributed by atoms with Crippen molar-refractivity contribution in [3.05, 3.63) is 46.8 Å². The van der Waals surface area contributed by atoms with Gasteiger partial charge in [-0.05, 0) is 92.7 Å². The molecule has 0 heterocycles. The molecular weight excluding hydrogens is 343 g/mol. The molecule has 1 aromatic carbocycles. The molecule has 3 rings (SSSR count). The maximum absolute atomic E-state index is 14.3. The van der Waals surface area contributed by atoms with Gasteiger partial charge >= 0.3 is 0 Å². The van der Waals surface area contributed by atoms with Crippen LogP contribution in [-0.2, 0) is 12.8 Å². The highest BCUT2D eigenvalue weighted by atomic mass is 19.1. The third-order valence-corrected chi connectivity index (χ3v) is 7.58. The first-order valence-electron chi connectivity index (χ1n) is 12.1. The van der Waals surface area contributed by atoms with Crippen LogP contribution in [0.25, 0.3) is 0 Å². The molecular formula is C27H41F. The van der Waals surface area contributed by atoms with Gasteiger partial charge in [-0.15, -0.1) is 0 Å². The van der Waals surface area contributed by atoms with Gasteiger partial charge in [0.15, 0.2) is 0 Å². The summed E-state index contributed by atoms with van der Waals surface area (Å²) in [6, 6.07) is 5.97. The summed E-state index contributed by atoms with van der Waals surface area (Å²) in [4.78, 5) is 0. The molecule has 0 N–H and O–H groups in total. The van der Waals surface area contributed by atoms with Crippen LogP contribution in [0.4, 0.5) is 4.39 Å². The lowest BCUT2D eigenvalue weighted by molar-refractivity contribution is 0.189. The second kappa shape index (κ2) is 11.2. The van der Waals surface area contributed by atoms with Crippen molar-refractivity contribution in [1.82, 2.24) is 0 Å². The van der Waals surface area contributed by atoms with Gasteiger partial charge in [-0.1, -0.05) is 69.7 Å². The summed E-state index contributed by atoms with van der Waals surface area (Å²) in [7, 11) is 0. The summed E-state index contributed by atoms with van der Waals surface area (Å²) < 4.78 is 14.3. The van der Waals surface area contributed by atoms with Gasteiger partial charge in [-0.2, -0.15) is 0 Å². The maximum atomic E-state index is 14.3. The fourth-order valence-electron chi connectivity index (χ4n) is 5.45. The van der Waals surface area contributed by atoms with Crippen LogP contribution >= 0.6 is 0 Å². The zero-order chi connectivity index (χ0) is 19.8. The molecule has 1 fully saturated rings. The van der Waals surface area contributed by atoms with Crippen LogP contribution in [0.2, 0.25) is 0 Å². The van der Waals surface area contributed by atoms with E-state index in [1.54, 1.807) is 11.6 Å². The smallest absolute Gasteiger partial charge is 0.126 e. The van der Waals surface area contributed by atoms with Gasteiger partial charge in [0.2, 0.25) is 0 Å². The van der Waals surface area contributed by atoms with E-state index in [1.807, 2.05) is 6.07 Å². The minimum absolute atomic E-state index is 0.00831. The molecule has 0 nitrogen and oxygen atoms in total. The number of rotatable bonds is 9. The molecule has 0 spiro atoms. The Balaban J connectivity index is 1.43. The highest BCUT2D eigenvalue weighted by Crippen LogP contribution is 2.40. The molecule has 1 aromatic rings. The molecule has 0 aliphatic heterocycles. The first kappa shape index (κ1) is 21.6. The van der Waals surface area contributed by atoms with E-state index in [4.69, 9.17) is 0 Å². The fourth-order valence-corrected chi connectivity index (χ4v) is 5.45. The molecule has 156 valence electrons. The van der Waals surface area contributed by atoms with Gasteiger partial charge < -0.3 is 0 Å². The molecule has 1 saturated carbocycles. The summed E-state index contributed by atoms with van der Waals surface area (Å²) in [6.07, 6.45) is 20.2. The zero-order valence-electron chi connectivity index (χ0n) is 18.3. The van der Waals surface area contributed by atoms with Gasteiger partial charge in [-0.3, -0.25) is 0 Å². The van der Waals surface area contributed by atoms with E-state index in [0.717, 1.165) is 54.6 Å². The third kappa shape index (κ3) is 6.19. The second-order valence-electron chi connectivity index (χ2n) is 9.47. The summed E-state index contributed by atoms with van der Waals surface area (Å²) >= 11 is 0. The van der Waals surface area contributed by atoms with E-state index in [1.165, 1.54) is 64.2 Å². The largest absolute Gasteiger partial charge is 0.207 e. The Labute approximate surface area is 173 Å². The summed E-state index contributed by atoms with van der Waals surface area (Å²) in [6.45, 7) is 4.55. The predicted molar refractivity (Wildman–Crippen MR) is 119 cm³/mol. The number of allylic oxidation sites excluding steroid dienone is 2. The summed E-state index contributed by atoms with van der Waals surface area (Å²) in [5.41, 5.74) is 3.68. The molecule has 1 atom stereocenters. The quantitative estimate of drug-likeness (QED) is 0.296. The van der Waals surface area contributed by atoms with Crippen molar-refractivity contribution < 1.29 is 4.39 Å². The van der Waals surface area contributed by atoms with Crippen molar-refractivity contribution in [2.24, 2.45) is 17.8 Å². The second-order valence-corrected chi connectivity index (χ2v) is 9.47. The Morgan fingerprint density at radius 3 is 2.36 bits per heavy atom.